The second-order valence-corrected chi connectivity index (χ2v) is 4.98. The standard InChI is InChI=1S/C17H21NO5/c1-4-14(22-16-10-12(3)23-18-16)11-21-15-8-6-13(7-9-15)17(19)20-5-2/h6-10,14H,4-5,11H2,1-3H3. The number of benzene rings is 1. The van der Waals surface area contributed by atoms with Crippen LogP contribution in [0.25, 0.3) is 0 Å². The number of ether oxygens (including phenoxy) is 3. The lowest BCUT2D eigenvalue weighted by atomic mass is 10.2. The van der Waals surface area contributed by atoms with Crippen molar-refractivity contribution in [1.29, 1.82) is 0 Å². The van der Waals surface area contributed by atoms with Crippen LogP contribution in [0.1, 0.15) is 36.4 Å². The molecule has 2 rings (SSSR count). The van der Waals surface area contributed by atoms with Crippen molar-refractivity contribution in [3.63, 3.8) is 0 Å². The number of esters is 1. The van der Waals surface area contributed by atoms with Crippen LogP contribution in [0.4, 0.5) is 0 Å². The Hall–Kier alpha value is -2.50. The Morgan fingerprint density at radius 2 is 2.00 bits per heavy atom. The molecule has 1 heterocycles. The molecule has 0 amide bonds. The monoisotopic (exact) mass is 319 g/mol. The molecule has 0 spiro atoms. The van der Waals surface area contributed by atoms with Gasteiger partial charge in [0.15, 0.2) is 0 Å². The van der Waals surface area contributed by atoms with Gasteiger partial charge in [-0.15, -0.1) is 0 Å². The largest absolute Gasteiger partial charge is 0.490 e. The van der Waals surface area contributed by atoms with Crippen molar-refractivity contribution in [3.05, 3.63) is 41.7 Å². The van der Waals surface area contributed by atoms with Gasteiger partial charge in [0.1, 0.15) is 24.2 Å². The van der Waals surface area contributed by atoms with E-state index in [0.29, 0.717) is 36.2 Å². The summed E-state index contributed by atoms with van der Waals surface area (Å²) >= 11 is 0. The first-order valence-corrected chi connectivity index (χ1v) is 7.62. The first-order chi connectivity index (χ1) is 11.1. The Labute approximate surface area is 135 Å². The zero-order chi connectivity index (χ0) is 16.7. The Morgan fingerprint density at radius 1 is 1.26 bits per heavy atom. The van der Waals surface area contributed by atoms with Gasteiger partial charge in [0.25, 0.3) is 5.88 Å². The third kappa shape index (κ3) is 5.02. The molecule has 0 bridgehead atoms. The van der Waals surface area contributed by atoms with Crippen molar-refractivity contribution in [2.75, 3.05) is 13.2 Å². The van der Waals surface area contributed by atoms with Crippen molar-refractivity contribution in [2.45, 2.75) is 33.3 Å². The van der Waals surface area contributed by atoms with E-state index in [4.69, 9.17) is 18.7 Å². The number of hydrogen-bond acceptors (Lipinski definition) is 6. The van der Waals surface area contributed by atoms with Gasteiger partial charge in [-0.2, -0.15) is 0 Å². The van der Waals surface area contributed by atoms with Crippen molar-refractivity contribution in [3.8, 4) is 11.6 Å². The minimum absolute atomic E-state index is 0.135. The molecule has 6 heteroatoms. The summed E-state index contributed by atoms with van der Waals surface area (Å²) in [5.41, 5.74) is 0.501. The molecule has 0 N–H and O–H groups in total. The lowest BCUT2D eigenvalue weighted by Gasteiger charge is -2.16. The van der Waals surface area contributed by atoms with Gasteiger partial charge in [0.2, 0.25) is 0 Å². The predicted octanol–water partition coefficient (Wildman–Crippen LogP) is 3.40. The normalized spacial score (nSPS) is 11.8. The Balaban J connectivity index is 1.87. The van der Waals surface area contributed by atoms with Crippen LogP contribution in [0.2, 0.25) is 0 Å². The summed E-state index contributed by atoms with van der Waals surface area (Å²) in [5, 5.41) is 3.80. The minimum atomic E-state index is -0.338. The van der Waals surface area contributed by atoms with Crippen molar-refractivity contribution >= 4 is 5.97 Å². The number of nitrogens with zero attached hydrogens (tertiary/aromatic N) is 1. The second-order valence-electron chi connectivity index (χ2n) is 4.98. The molecule has 1 aromatic heterocycles. The van der Waals surface area contributed by atoms with Crippen LogP contribution in [-0.2, 0) is 4.74 Å². The third-order valence-electron chi connectivity index (χ3n) is 3.15. The maximum atomic E-state index is 11.6. The van der Waals surface area contributed by atoms with Gasteiger partial charge >= 0.3 is 5.97 Å². The summed E-state index contributed by atoms with van der Waals surface area (Å²) in [6, 6.07) is 8.56. The SMILES string of the molecule is CCOC(=O)c1ccc(OCC(CC)Oc2cc(C)on2)cc1. The van der Waals surface area contributed by atoms with Gasteiger partial charge in [-0.1, -0.05) is 6.92 Å². The van der Waals surface area contributed by atoms with Crippen molar-refractivity contribution in [2.24, 2.45) is 0 Å². The molecular weight excluding hydrogens is 298 g/mol. The number of aryl methyl sites for hydroxylation is 1. The fraction of sp³-hybridized carbons (Fsp3) is 0.412. The van der Waals surface area contributed by atoms with Crippen LogP contribution < -0.4 is 9.47 Å². The Morgan fingerprint density at radius 3 is 2.57 bits per heavy atom. The average molecular weight is 319 g/mol. The molecule has 1 atom stereocenters. The maximum absolute atomic E-state index is 11.6. The number of carbonyl (C=O) groups excluding carboxylic acids is 1. The number of aromatic nitrogens is 1. The van der Waals surface area contributed by atoms with Gasteiger partial charge in [-0.3, -0.25) is 0 Å². The zero-order valence-electron chi connectivity index (χ0n) is 13.6. The molecule has 0 saturated heterocycles. The van der Waals surface area contributed by atoms with Crippen LogP contribution in [-0.4, -0.2) is 30.4 Å². The summed E-state index contributed by atoms with van der Waals surface area (Å²) in [7, 11) is 0. The van der Waals surface area contributed by atoms with E-state index in [1.165, 1.54) is 0 Å². The van der Waals surface area contributed by atoms with E-state index < -0.39 is 0 Å². The lowest BCUT2D eigenvalue weighted by molar-refractivity contribution is 0.0526. The average Bonchev–Trinajstić information content (AvgIpc) is 2.97. The minimum Gasteiger partial charge on any atom is -0.490 e. The van der Waals surface area contributed by atoms with E-state index in [1.54, 1.807) is 37.3 Å². The molecule has 2 aromatic rings. The highest BCUT2D eigenvalue weighted by Crippen LogP contribution is 2.16. The summed E-state index contributed by atoms with van der Waals surface area (Å²) < 4.78 is 21.3. The third-order valence-corrected chi connectivity index (χ3v) is 3.15. The molecule has 0 aliphatic carbocycles. The van der Waals surface area contributed by atoms with Crippen LogP contribution in [0.15, 0.2) is 34.9 Å². The molecule has 0 radical (unpaired) electrons. The topological polar surface area (TPSA) is 70.8 Å². The van der Waals surface area contributed by atoms with E-state index >= 15 is 0 Å². The molecule has 124 valence electrons. The molecule has 23 heavy (non-hydrogen) atoms. The van der Waals surface area contributed by atoms with Crippen LogP contribution >= 0.6 is 0 Å². The predicted molar refractivity (Wildman–Crippen MR) is 83.8 cm³/mol. The van der Waals surface area contributed by atoms with E-state index in [9.17, 15) is 4.79 Å². The molecule has 1 unspecified atom stereocenters. The zero-order valence-corrected chi connectivity index (χ0v) is 13.6. The van der Waals surface area contributed by atoms with Gasteiger partial charge in [-0.05, 0) is 49.7 Å². The molecule has 0 saturated carbocycles. The highest BCUT2D eigenvalue weighted by Gasteiger charge is 2.12. The molecule has 0 aliphatic rings. The summed E-state index contributed by atoms with van der Waals surface area (Å²) in [4.78, 5) is 11.6. The first kappa shape index (κ1) is 16.9. The highest BCUT2D eigenvalue weighted by atomic mass is 16.6. The number of carbonyl (C=O) groups is 1. The van der Waals surface area contributed by atoms with Crippen molar-refractivity contribution in [1.82, 2.24) is 5.16 Å². The summed E-state index contributed by atoms with van der Waals surface area (Å²) in [6.07, 6.45) is 0.636. The molecule has 0 aliphatic heterocycles. The first-order valence-electron chi connectivity index (χ1n) is 7.62. The number of rotatable bonds is 8. The Bertz CT molecular complexity index is 620. The molecule has 0 fully saturated rings. The number of hydrogen-bond donors (Lipinski definition) is 0. The quantitative estimate of drug-likeness (QED) is 0.695. The summed E-state index contributed by atoms with van der Waals surface area (Å²) in [5.74, 6) is 1.48. The van der Waals surface area contributed by atoms with E-state index in [0.717, 1.165) is 6.42 Å². The maximum Gasteiger partial charge on any atom is 0.338 e. The highest BCUT2D eigenvalue weighted by molar-refractivity contribution is 5.89. The smallest absolute Gasteiger partial charge is 0.338 e. The summed E-state index contributed by atoms with van der Waals surface area (Å²) in [6.45, 7) is 6.32. The van der Waals surface area contributed by atoms with Crippen LogP contribution in [0, 0.1) is 6.92 Å². The van der Waals surface area contributed by atoms with E-state index in [1.807, 2.05) is 13.8 Å². The van der Waals surface area contributed by atoms with Gasteiger partial charge in [0.05, 0.1) is 12.2 Å². The fourth-order valence-corrected chi connectivity index (χ4v) is 1.90. The second kappa shape index (κ2) is 8.22. The molecule has 6 nitrogen and oxygen atoms in total. The van der Waals surface area contributed by atoms with Gasteiger partial charge in [-0.25, -0.2) is 4.79 Å². The lowest BCUT2D eigenvalue weighted by Crippen LogP contribution is -2.24. The molecule has 1 aromatic carbocycles. The van der Waals surface area contributed by atoms with Gasteiger partial charge < -0.3 is 18.7 Å². The van der Waals surface area contributed by atoms with E-state index in [-0.39, 0.29) is 12.1 Å². The van der Waals surface area contributed by atoms with Crippen LogP contribution in [0.5, 0.6) is 11.6 Å². The Kier molecular flexibility index (Phi) is 6.02. The van der Waals surface area contributed by atoms with Crippen LogP contribution in [0.3, 0.4) is 0 Å². The molecular formula is C17H21NO5. The van der Waals surface area contributed by atoms with Gasteiger partial charge in [0, 0.05) is 6.07 Å². The van der Waals surface area contributed by atoms with Crippen molar-refractivity contribution < 1.29 is 23.5 Å². The van der Waals surface area contributed by atoms with E-state index in [2.05, 4.69) is 5.16 Å². The fourth-order valence-electron chi connectivity index (χ4n) is 1.90.